The van der Waals surface area contributed by atoms with Gasteiger partial charge in [0, 0.05) is 30.5 Å². The number of benzene rings is 1. The number of para-hydroxylation sites is 1. The molecule has 6 heteroatoms. The summed E-state index contributed by atoms with van der Waals surface area (Å²) in [6, 6.07) is 9.57. The molecule has 1 aliphatic heterocycles. The summed E-state index contributed by atoms with van der Waals surface area (Å²) in [5, 5.41) is 2.91. The highest BCUT2D eigenvalue weighted by Crippen LogP contribution is 2.20. The maximum Gasteiger partial charge on any atom is 0.262 e. The van der Waals surface area contributed by atoms with E-state index in [4.69, 9.17) is 4.74 Å². The monoisotopic (exact) mass is 368 g/mol. The lowest BCUT2D eigenvalue weighted by molar-refractivity contribution is -0.118. The fraction of sp³-hybridized carbons (Fsp3) is 0.476. The Morgan fingerprint density at radius 2 is 1.89 bits per heavy atom. The molecule has 0 radical (unpaired) electrons. The van der Waals surface area contributed by atoms with Gasteiger partial charge in [0.15, 0.2) is 6.61 Å². The maximum atomic E-state index is 12.3. The molecule has 0 unspecified atom stereocenters. The number of carbonyl (C=O) groups excluding carboxylic acids is 1. The van der Waals surface area contributed by atoms with E-state index in [1.54, 1.807) is 6.07 Å². The number of nitrogens with zero attached hydrogens (tertiary/aromatic N) is 3. The smallest absolute Gasteiger partial charge is 0.262 e. The van der Waals surface area contributed by atoms with Gasteiger partial charge in [-0.05, 0) is 37.8 Å². The predicted octanol–water partition coefficient (Wildman–Crippen LogP) is 3.75. The lowest BCUT2D eigenvalue weighted by Crippen LogP contribution is -2.27. The Morgan fingerprint density at radius 1 is 1.15 bits per heavy atom. The Bertz CT molecular complexity index is 771. The number of nitrogens with one attached hydrogen (secondary N) is 1. The lowest BCUT2D eigenvalue weighted by atomic mass is 10.1. The van der Waals surface area contributed by atoms with Crippen molar-refractivity contribution in [2.75, 3.05) is 29.9 Å². The van der Waals surface area contributed by atoms with Crippen LogP contribution in [0, 0.1) is 6.92 Å². The largest absolute Gasteiger partial charge is 0.467 e. The van der Waals surface area contributed by atoms with Gasteiger partial charge < -0.3 is 15.0 Å². The fourth-order valence-electron chi connectivity index (χ4n) is 3.29. The van der Waals surface area contributed by atoms with Gasteiger partial charge in [0.05, 0.1) is 0 Å². The minimum atomic E-state index is -0.191. The number of ether oxygens (including phenoxy) is 1. The molecule has 1 amide bonds. The molecular formula is C21H28N4O2. The van der Waals surface area contributed by atoms with E-state index in [-0.39, 0.29) is 12.5 Å². The van der Waals surface area contributed by atoms with Crippen LogP contribution in [0.2, 0.25) is 0 Å². The maximum absolute atomic E-state index is 12.3. The summed E-state index contributed by atoms with van der Waals surface area (Å²) in [6.07, 6.45) is 5.69. The molecular weight excluding hydrogens is 340 g/mol. The first-order chi connectivity index (χ1) is 13.2. The zero-order valence-electron chi connectivity index (χ0n) is 16.2. The van der Waals surface area contributed by atoms with Crippen molar-refractivity contribution in [3.8, 4) is 5.88 Å². The summed E-state index contributed by atoms with van der Waals surface area (Å²) < 4.78 is 5.67. The molecule has 144 valence electrons. The van der Waals surface area contributed by atoms with Crippen LogP contribution in [0.5, 0.6) is 5.88 Å². The van der Waals surface area contributed by atoms with Gasteiger partial charge in [0.25, 0.3) is 5.91 Å². The predicted molar refractivity (Wildman–Crippen MR) is 107 cm³/mol. The Morgan fingerprint density at radius 3 is 2.63 bits per heavy atom. The van der Waals surface area contributed by atoms with Crippen molar-refractivity contribution >= 4 is 17.5 Å². The second-order valence-electron chi connectivity index (χ2n) is 6.90. The van der Waals surface area contributed by atoms with Gasteiger partial charge in [0.1, 0.15) is 0 Å². The van der Waals surface area contributed by atoms with E-state index >= 15 is 0 Å². The van der Waals surface area contributed by atoms with Crippen LogP contribution in [0.1, 0.15) is 43.9 Å². The van der Waals surface area contributed by atoms with Crippen LogP contribution >= 0.6 is 0 Å². The Balaban J connectivity index is 1.62. The zero-order valence-corrected chi connectivity index (χ0v) is 16.2. The molecule has 2 aromatic rings. The molecule has 2 heterocycles. The van der Waals surface area contributed by atoms with Crippen molar-refractivity contribution in [3.63, 3.8) is 0 Å². The van der Waals surface area contributed by atoms with Crippen LogP contribution in [-0.2, 0) is 11.2 Å². The van der Waals surface area contributed by atoms with Gasteiger partial charge in [-0.3, -0.25) is 4.79 Å². The van der Waals surface area contributed by atoms with E-state index in [9.17, 15) is 4.79 Å². The first-order valence-corrected chi connectivity index (χ1v) is 9.77. The van der Waals surface area contributed by atoms with E-state index in [0.717, 1.165) is 49.3 Å². The molecule has 0 saturated carbocycles. The molecule has 6 nitrogen and oxygen atoms in total. The second-order valence-corrected chi connectivity index (χ2v) is 6.90. The average Bonchev–Trinajstić information content (AvgIpc) is 2.96. The van der Waals surface area contributed by atoms with Gasteiger partial charge in [0.2, 0.25) is 11.8 Å². The molecule has 1 saturated heterocycles. The highest BCUT2D eigenvalue weighted by atomic mass is 16.5. The van der Waals surface area contributed by atoms with Crippen LogP contribution < -0.4 is 15.0 Å². The summed E-state index contributed by atoms with van der Waals surface area (Å²) >= 11 is 0. The number of aryl methyl sites for hydroxylation is 2. The van der Waals surface area contributed by atoms with Crippen LogP contribution in [-0.4, -0.2) is 35.6 Å². The van der Waals surface area contributed by atoms with Crippen molar-refractivity contribution in [3.05, 3.63) is 41.6 Å². The highest BCUT2D eigenvalue weighted by Gasteiger charge is 2.15. The summed E-state index contributed by atoms with van der Waals surface area (Å²) in [7, 11) is 0. The molecule has 1 N–H and O–H groups in total. The van der Waals surface area contributed by atoms with Crippen molar-refractivity contribution in [1.82, 2.24) is 9.97 Å². The van der Waals surface area contributed by atoms with Gasteiger partial charge in [-0.15, -0.1) is 0 Å². The van der Waals surface area contributed by atoms with Gasteiger partial charge in [-0.1, -0.05) is 38.0 Å². The van der Waals surface area contributed by atoms with Crippen LogP contribution in [0.15, 0.2) is 30.3 Å². The normalized spacial score (nSPS) is 14.5. The highest BCUT2D eigenvalue weighted by molar-refractivity contribution is 5.92. The van der Waals surface area contributed by atoms with Crippen molar-refractivity contribution in [2.45, 2.75) is 46.0 Å². The quantitative estimate of drug-likeness (QED) is 0.841. The average molecular weight is 368 g/mol. The zero-order chi connectivity index (χ0) is 19.1. The number of hydrogen-bond donors (Lipinski definition) is 1. The minimum absolute atomic E-state index is 0.0755. The molecule has 3 rings (SSSR count). The number of hydrogen-bond acceptors (Lipinski definition) is 5. The Hall–Kier alpha value is -2.63. The van der Waals surface area contributed by atoms with E-state index in [0.29, 0.717) is 11.8 Å². The van der Waals surface area contributed by atoms with Crippen LogP contribution in [0.3, 0.4) is 0 Å². The van der Waals surface area contributed by atoms with Crippen molar-refractivity contribution in [2.24, 2.45) is 0 Å². The standard InChI is InChI=1S/C21H28N4O2/c1-3-17-10-6-7-11-18(17)23-19(26)15-27-20-14-16(2)22-21(24-20)25-12-8-4-5-9-13-25/h6-7,10-11,14H,3-5,8-9,12-13,15H2,1-2H3,(H,23,26). The SMILES string of the molecule is CCc1ccccc1NC(=O)COc1cc(C)nc(N2CCCCCC2)n1. The number of anilines is 2. The van der Waals surface area contributed by atoms with Gasteiger partial charge >= 0.3 is 0 Å². The Kier molecular flexibility index (Phi) is 6.63. The second kappa shape index (κ2) is 9.35. The molecule has 0 aliphatic carbocycles. The van der Waals surface area contributed by atoms with Crippen LogP contribution in [0.4, 0.5) is 11.6 Å². The minimum Gasteiger partial charge on any atom is -0.467 e. The summed E-state index contributed by atoms with van der Waals surface area (Å²) in [5.41, 5.74) is 2.78. The molecule has 27 heavy (non-hydrogen) atoms. The topological polar surface area (TPSA) is 67.3 Å². The van der Waals surface area contributed by atoms with Crippen molar-refractivity contribution in [1.29, 1.82) is 0 Å². The first kappa shape index (κ1) is 19.1. The lowest BCUT2D eigenvalue weighted by Gasteiger charge is -2.21. The molecule has 0 bridgehead atoms. The molecule has 1 fully saturated rings. The van der Waals surface area contributed by atoms with Gasteiger partial charge in [-0.2, -0.15) is 4.98 Å². The third-order valence-corrected chi connectivity index (χ3v) is 4.73. The first-order valence-electron chi connectivity index (χ1n) is 9.77. The van der Waals surface area contributed by atoms with Gasteiger partial charge in [-0.25, -0.2) is 4.98 Å². The fourth-order valence-corrected chi connectivity index (χ4v) is 3.29. The van der Waals surface area contributed by atoms with E-state index in [1.165, 1.54) is 12.8 Å². The van der Waals surface area contributed by atoms with Crippen LogP contribution in [0.25, 0.3) is 0 Å². The molecule has 1 aliphatic rings. The summed E-state index contributed by atoms with van der Waals surface area (Å²) in [4.78, 5) is 23.6. The third-order valence-electron chi connectivity index (χ3n) is 4.73. The third kappa shape index (κ3) is 5.42. The molecule has 0 spiro atoms. The number of amides is 1. The van der Waals surface area contributed by atoms with E-state index in [2.05, 4.69) is 27.1 Å². The number of rotatable bonds is 6. The summed E-state index contributed by atoms with van der Waals surface area (Å²) in [5.74, 6) is 0.952. The number of carbonyl (C=O) groups is 1. The van der Waals surface area contributed by atoms with Crippen molar-refractivity contribution < 1.29 is 9.53 Å². The van der Waals surface area contributed by atoms with E-state index in [1.807, 2.05) is 31.2 Å². The Labute approximate surface area is 161 Å². The number of aromatic nitrogens is 2. The molecule has 1 aromatic heterocycles. The molecule has 0 atom stereocenters. The summed E-state index contributed by atoms with van der Waals surface area (Å²) in [6.45, 7) is 5.85. The molecule has 1 aromatic carbocycles. The van der Waals surface area contributed by atoms with E-state index < -0.39 is 0 Å².